The van der Waals surface area contributed by atoms with Crippen molar-refractivity contribution in [1.29, 1.82) is 0 Å². The van der Waals surface area contributed by atoms with Gasteiger partial charge >= 0.3 is 6.61 Å². The van der Waals surface area contributed by atoms with Crippen molar-refractivity contribution < 1.29 is 27.4 Å². The summed E-state index contributed by atoms with van der Waals surface area (Å²) in [6.07, 6.45) is 7.78. The number of aliphatic hydroxyl groups is 1. The third-order valence-corrected chi connectivity index (χ3v) is 7.50. The fourth-order valence-electron chi connectivity index (χ4n) is 5.22. The van der Waals surface area contributed by atoms with Crippen LogP contribution in [0.4, 0.5) is 17.6 Å². The minimum Gasteiger partial charge on any atom is -0.434 e. The standard InChI is InChI=1S/C26H25ClF4N4O2/c1-13-19(12-34-35(13)15-2-4-16(36)5-3-15)14-8-17-20(11-33-25(17)32-10-14)18(9-28)23-22(37-26(30)31)7-6-21(29)24(23)27/h6-8,10-12,15-16,18,26,36H,2-5,9H2,1H3,(H,32,33)/t15-,16-,18?. The Kier molecular flexibility index (Phi) is 7.13. The summed E-state index contributed by atoms with van der Waals surface area (Å²) in [6.45, 7) is -2.27. The molecule has 1 unspecified atom stereocenters. The van der Waals surface area contributed by atoms with Crippen molar-refractivity contribution >= 4 is 22.6 Å². The van der Waals surface area contributed by atoms with Crippen molar-refractivity contribution in [2.75, 3.05) is 6.67 Å². The lowest BCUT2D eigenvalue weighted by atomic mass is 9.91. The highest BCUT2D eigenvalue weighted by Crippen LogP contribution is 2.42. The lowest BCUT2D eigenvalue weighted by molar-refractivity contribution is -0.0506. The summed E-state index contributed by atoms with van der Waals surface area (Å²) < 4.78 is 61.4. The fourth-order valence-corrected chi connectivity index (χ4v) is 5.51. The Hall–Kier alpha value is -3.11. The summed E-state index contributed by atoms with van der Waals surface area (Å²) in [5.41, 5.74) is 3.15. The van der Waals surface area contributed by atoms with E-state index in [9.17, 15) is 22.7 Å². The van der Waals surface area contributed by atoms with Crippen LogP contribution in [0.15, 0.2) is 36.8 Å². The molecule has 0 spiro atoms. The monoisotopic (exact) mass is 536 g/mol. The first-order valence-corrected chi connectivity index (χ1v) is 12.3. The van der Waals surface area contributed by atoms with Gasteiger partial charge < -0.3 is 14.8 Å². The molecular weight excluding hydrogens is 512 g/mol. The number of pyridine rings is 1. The molecule has 3 aromatic heterocycles. The molecule has 2 N–H and O–H groups in total. The van der Waals surface area contributed by atoms with E-state index in [-0.39, 0.29) is 17.7 Å². The Bertz CT molecular complexity index is 1420. The highest BCUT2D eigenvalue weighted by atomic mass is 35.5. The maximum Gasteiger partial charge on any atom is 0.387 e. The van der Waals surface area contributed by atoms with Crippen LogP contribution in [0.3, 0.4) is 0 Å². The summed E-state index contributed by atoms with van der Waals surface area (Å²) >= 11 is 6.14. The third kappa shape index (κ3) is 4.80. The zero-order valence-corrected chi connectivity index (χ0v) is 20.7. The average Bonchev–Trinajstić information content (AvgIpc) is 3.47. The van der Waals surface area contributed by atoms with Gasteiger partial charge in [-0.1, -0.05) is 11.6 Å². The molecule has 1 aliphatic carbocycles. The number of hydrogen-bond donors (Lipinski definition) is 2. The highest BCUT2D eigenvalue weighted by molar-refractivity contribution is 6.31. The minimum absolute atomic E-state index is 0.191. The number of rotatable bonds is 7. The molecule has 0 amide bonds. The van der Waals surface area contributed by atoms with Crippen LogP contribution in [0.1, 0.15) is 54.5 Å². The average molecular weight is 537 g/mol. The Labute approximate surface area is 215 Å². The molecule has 11 heteroatoms. The summed E-state index contributed by atoms with van der Waals surface area (Å²) in [4.78, 5) is 7.44. The van der Waals surface area contributed by atoms with Gasteiger partial charge in [0, 0.05) is 46.1 Å². The number of aromatic amines is 1. The Morgan fingerprint density at radius 2 is 1.97 bits per heavy atom. The van der Waals surface area contributed by atoms with E-state index < -0.39 is 35.8 Å². The summed E-state index contributed by atoms with van der Waals surface area (Å²) in [7, 11) is 0. The van der Waals surface area contributed by atoms with Crippen molar-refractivity contribution in [3.8, 4) is 16.9 Å². The first-order chi connectivity index (χ1) is 17.8. The number of aromatic nitrogens is 4. The first-order valence-electron chi connectivity index (χ1n) is 12.0. The molecule has 3 heterocycles. The van der Waals surface area contributed by atoms with Gasteiger partial charge in [-0.05, 0) is 56.4 Å². The van der Waals surface area contributed by atoms with Crippen molar-refractivity contribution in [1.82, 2.24) is 19.7 Å². The predicted octanol–water partition coefficient (Wildman–Crippen LogP) is 6.71. The molecule has 1 fully saturated rings. The lowest BCUT2D eigenvalue weighted by Gasteiger charge is -2.26. The lowest BCUT2D eigenvalue weighted by Crippen LogP contribution is -2.22. The molecule has 1 aromatic carbocycles. The van der Waals surface area contributed by atoms with E-state index in [0.717, 1.165) is 54.6 Å². The maximum absolute atomic E-state index is 14.5. The number of nitrogens with one attached hydrogen (secondary N) is 1. The zero-order valence-electron chi connectivity index (χ0n) is 19.9. The van der Waals surface area contributed by atoms with E-state index in [1.807, 2.05) is 17.7 Å². The van der Waals surface area contributed by atoms with Gasteiger partial charge in [0.15, 0.2) is 0 Å². The van der Waals surface area contributed by atoms with Gasteiger partial charge in [0.2, 0.25) is 0 Å². The SMILES string of the molecule is Cc1c(-c2cnc3[nH]cc(C(CF)c4c(OC(F)F)ccc(F)c4Cl)c3c2)cnn1[C@H]1CC[C@H](O)CC1. The number of fused-ring (bicyclic) bond motifs is 1. The van der Waals surface area contributed by atoms with Crippen LogP contribution >= 0.6 is 11.6 Å². The molecule has 0 aliphatic heterocycles. The number of ether oxygens (including phenoxy) is 1. The van der Waals surface area contributed by atoms with Gasteiger partial charge in [-0.25, -0.2) is 9.37 Å². The largest absolute Gasteiger partial charge is 0.434 e. The molecule has 6 nitrogen and oxygen atoms in total. The smallest absolute Gasteiger partial charge is 0.387 e. The normalized spacial score (nSPS) is 19.0. The van der Waals surface area contributed by atoms with Crippen LogP contribution in [0, 0.1) is 12.7 Å². The Morgan fingerprint density at radius 1 is 1.22 bits per heavy atom. The molecule has 4 aromatic rings. The number of alkyl halides is 3. The van der Waals surface area contributed by atoms with Crippen molar-refractivity contribution in [2.45, 2.75) is 57.3 Å². The van der Waals surface area contributed by atoms with Crippen molar-refractivity contribution in [2.24, 2.45) is 0 Å². The van der Waals surface area contributed by atoms with Gasteiger partial charge in [0.1, 0.15) is 23.9 Å². The fraction of sp³-hybridized carbons (Fsp3) is 0.385. The number of hydrogen-bond acceptors (Lipinski definition) is 4. The first kappa shape index (κ1) is 25.5. The van der Waals surface area contributed by atoms with Gasteiger partial charge in [-0.2, -0.15) is 13.9 Å². The number of halogens is 5. The third-order valence-electron chi connectivity index (χ3n) is 7.12. The van der Waals surface area contributed by atoms with E-state index in [1.54, 1.807) is 12.4 Å². The molecule has 1 atom stereocenters. The van der Waals surface area contributed by atoms with Crippen LogP contribution in [-0.4, -0.2) is 44.2 Å². The molecule has 196 valence electrons. The molecule has 5 rings (SSSR count). The van der Waals surface area contributed by atoms with Crippen molar-refractivity contribution in [3.63, 3.8) is 0 Å². The molecule has 0 saturated heterocycles. The second kappa shape index (κ2) is 10.3. The van der Waals surface area contributed by atoms with Gasteiger partial charge in [-0.3, -0.25) is 9.07 Å². The van der Waals surface area contributed by atoms with E-state index >= 15 is 0 Å². The van der Waals surface area contributed by atoms with E-state index in [2.05, 4.69) is 19.8 Å². The molecule has 1 saturated carbocycles. The minimum atomic E-state index is -3.19. The van der Waals surface area contributed by atoms with Gasteiger partial charge in [0.05, 0.1) is 23.4 Å². The second-order valence-electron chi connectivity index (χ2n) is 9.27. The molecule has 37 heavy (non-hydrogen) atoms. The molecule has 1 aliphatic rings. The van der Waals surface area contributed by atoms with E-state index in [0.29, 0.717) is 16.6 Å². The van der Waals surface area contributed by atoms with E-state index in [1.165, 1.54) is 6.20 Å². The summed E-state index contributed by atoms with van der Waals surface area (Å²) in [5.74, 6) is -2.44. The van der Waals surface area contributed by atoms with Crippen LogP contribution < -0.4 is 4.74 Å². The van der Waals surface area contributed by atoms with Gasteiger partial charge in [-0.15, -0.1) is 0 Å². The van der Waals surface area contributed by atoms with E-state index in [4.69, 9.17) is 11.6 Å². The Morgan fingerprint density at radius 3 is 2.68 bits per heavy atom. The maximum atomic E-state index is 14.5. The highest BCUT2D eigenvalue weighted by Gasteiger charge is 2.28. The molecule has 0 radical (unpaired) electrons. The second-order valence-corrected chi connectivity index (χ2v) is 9.65. The van der Waals surface area contributed by atoms with Gasteiger partial charge in [0.25, 0.3) is 0 Å². The van der Waals surface area contributed by atoms with Crippen LogP contribution in [0.25, 0.3) is 22.2 Å². The van der Waals surface area contributed by atoms with Crippen LogP contribution in [0.5, 0.6) is 5.75 Å². The van der Waals surface area contributed by atoms with Crippen molar-refractivity contribution in [3.05, 3.63) is 64.5 Å². The summed E-state index contributed by atoms with van der Waals surface area (Å²) in [6, 6.07) is 3.93. The number of nitrogens with zero attached hydrogens (tertiary/aromatic N) is 3. The predicted molar refractivity (Wildman–Crippen MR) is 131 cm³/mol. The number of benzene rings is 1. The van der Waals surface area contributed by atoms with Crippen LogP contribution in [0.2, 0.25) is 5.02 Å². The molecule has 0 bridgehead atoms. The quantitative estimate of drug-likeness (QED) is 0.257. The van der Waals surface area contributed by atoms with Crippen LogP contribution in [-0.2, 0) is 0 Å². The zero-order chi connectivity index (χ0) is 26.3. The Balaban J connectivity index is 1.56. The number of aliphatic hydroxyl groups excluding tert-OH is 1. The number of H-pyrrole nitrogens is 1. The molecular formula is C26H25ClF4N4O2. The topological polar surface area (TPSA) is 76.0 Å². The summed E-state index contributed by atoms with van der Waals surface area (Å²) in [5, 5.41) is 14.5.